The molecule has 0 amide bonds. The highest BCUT2D eigenvalue weighted by Gasteiger charge is 2.31. The Morgan fingerprint density at radius 1 is 1.03 bits per heavy atom. The van der Waals surface area contributed by atoms with Gasteiger partial charge in [0.15, 0.2) is 5.13 Å². The van der Waals surface area contributed by atoms with Crippen molar-refractivity contribution >= 4 is 61.3 Å². The molecule has 0 bridgehead atoms. The van der Waals surface area contributed by atoms with Gasteiger partial charge in [-0.1, -0.05) is 40.9 Å². The maximum absolute atomic E-state index is 13.7. The first-order chi connectivity index (χ1) is 15.1. The van der Waals surface area contributed by atoms with Gasteiger partial charge in [-0.25, -0.2) is 17.8 Å². The summed E-state index contributed by atoms with van der Waals surface area (Å²) in [5.41, 5.74) is 2.27. The third-order valence-corrected chi connectivity index (χ3v) is 9.28. The monoisotopic (exact) mass is 533 g/mol. The largest absolute Gasteiger partial charge is 0.345 e. The van der Waals surface area contributed by atoms with Gasteiger partial charge >= 0.3 is 0 Å². The zero-order valence-electron chi connectivity index (χ0n) is 17.0. The van der Waals surface area contributed by atoms with Crippen molar-refractivity contribution in [2.24, 2.45) is 0 Å². The molecule has 0 spiro atoms. The van der Waals surface area contributed by atoms with E-state index in [-0.39, 0.29) is 14.9 Å². The molecule has 4 rings (SSSR count). The molecule has 2 heterocycles. The zero-order chi connectivity index (χ0) is 23.0. The lowest BCUT2D eigenvalue weighted by Gasteiger charge is -2.34. The lowest BCUT2D eigenvalue weighted by Crippen LogP contribution is -2.48. The summed E-state index contributed by atoms with van der Waals surface area (Å²) in [6, 6.07) is 7.70. The standard InChI is InChI=1S/C21H19Cl3FN3O2S2/c1-13-8-20(18(24)11-17(13)23)32(29,30)28-6-4-27(5-7-28)21-26-15(12-31-21)9-14-2-3-16(22)19(25)10-14/h2-3,8,10-12H,4-7,9H2,1H3. The Labute approximate surface area is 205 Å². The molecule has 1 saturated heterocycles. The number of halogens is 4. The molecule has 5 nitrogen and oxygen atoms in total. The molecule has 1 aliphatic rings. The molecule has 3 aromatic rings. The number of piperazine rings is 1. The van der Waals surface area contributed by atoms with Gasteiger partial charge in [0, 0.05) is 43.0 Å². The molecule has 11 heteroatoms. The van der Waals surface area contributed by atoms with Crippen LogP contribution in [0, 0.1) is 12.7 Å². The Morgan fingerprint density at radius 2 is 1.75 bits per heavy atom. The number of benzene rings is 2. The smallest absolute Gasteiger partial charge is 0.244 e. The number of sulfonamides is 1. The molecule has 0 N–H and O–H groups in total. The highest BCUT2D eigenvalue weighted by Crippen LogP contribution is 2.31. The van der Waals surface area contributed by atoms with Crippen LogP contribution >= 0.6 is 46.1 Å². The van der Waals surface area contributed by atoms with E-state index >= 15 is 0 Å². The van der Waals surface area contributed by atoms with Crippen LogP contribution in [0.1, 0.15) is 16.8 Å². The first-order valence-corrected chi connectivity index (χ1v) is 13.2. The molecule has 170 valence electrons. The Morgan fingerprint density at radius 3 is 2.44 bits per heavy atom. The number of aromatic nitrogens is 1. The number of hydrogen-bond acceptors (Lipinski definition) is 5. The van der Waals surface area contributed by atoms with E-state index in [0.29, 0.717) is 43.2 Å². The summed E-state index contributed by atoms with van der Waals surface area (Å²) in [6.45, 7) is 3.39. The predicted molar refractivity (Wildman–Crippen MR) is 129 cm³/mol. The van der Waals surface area contributed by atoms with Gasteiger partial charge in [0.2, 0.25) is 10.0 Å². The van der Waals surface area contributed by atoms with Gasteiger partial charge in [0.05, 0.1) is 15.7 Å². The van der Waals surface area contributed by atoms with Gasteiger partial charge in [0.1, 0.15) is 10.7 Å². The number of thiazole rings is 1. The SMILES string of the molecule is Cc1cc(S(=O)(=O)N2CCN(c3nc(Cc4ccc(Cl)c(F)c4)cs3)CC2)c(Cl)cc1Cl. The second-order valence-electron chi connectivity index (χ2n) is 7.47. The predicted octanol–water partition coefficient (Wildman–Crippen LogP) is 5.65. The fourth-order valence-corrected chi connectivity index (χ4v) is 6.69. The Hall–Kier alpha value is -1.42. The van der Waals surface area contributed by atoms with Crippen LogP contribution in [0.4, 0.5) is 9.52 Å². The van der Waals surface area contributed by atoms with E-state index in [1.54, 1.807) is 13.0 Å². The third-order valence-electron chi connectivity index (χ3n) is 5.25. The Bertz CT molecular complexity index is 1260. The van der Waals surface area contributed by atoms with E-state index < -0.39 is 15.8 Å². The number of aryl methyl sites for hydroxylation is 1. The van der Waals surface area contributed by atoms with Crippen molar-refractivity contribution in [2.75, 3.05) is 31.1 Å². The Kier molecular flexibility index (Phi) is 7.00. The highest BCUT2D eigenvalue weighted by atomic mass is 35.5. The van der Waals surface area contributed by atoms with Crippen molar-refractivity contribution in [1.82, 2.24) is 9.29 Å². The van der Waals surface area contributed by atoms with E-state index in [9.17, 15) is 12.8 Å². The summed E-state index contributed by atoms with van der Waals surface area (Å²) in [4.78, 5) is 6.77. The minimum atomic E-state index is -3.73. The lowest BCUT2D eigenvalue weighted by molar-refractivity contribution is 0.384. The molecular weight excluding hydrogens is 516 g/mol. The van der Waals surface area contributed by atoms with E-state index in [1.165, 1.54) is 39.9 Å². The van der Waals surface area contributed by atoms with Crippen molar-refractivity contribution < 1.29 is 12.8 Å². The summed E-state index contributed by atoms with van der Waals surface area (Å²) in [6.07, 6.45) is 0.493. The normalized spacial score (nSPS) is 15.3. The van der Waals surface area contributed by atoms with Crippen LogP contribution < -0.4 is 4.90 Å². The average molecular weight is 535 g/mol. The second kappa shape index (κ2) is 9.44. The molecule has 0 saturated carbocycles. The second-order valence-corrected chi connectivity index (χ2v) is 11.4. The summed E-state index contributed by atoms with van der Waals surface area (Å²) >= 11 is 19.4. The van der Waals surface area contributed by atoms with Crippen molar-refractivity contribution in [1.29, 1.82) is 0 Å². The van der Waals surface area contributed by atoms with Crippen molar-refractivity contribution in [2.45, 2.75) is 18.2 Å². The maximum atomic E-state index is 13.7. The first-order valence-electron chi connectivity index (χ1n) is 9.74. The van der Waals surface area contributed by atoms with Crippen molar-refractivity contribution in [3.05, 3.63) is 73.4 Å². The molecule has 1 fully saturated rings. The van der Waals surface area contributed by atoms with Crippen LogP contribution in [0.3, 0.4) is 0 Å². The minimum absolute atomic E-state index is 0.0706. The number of rotatable bonds is 5. The van der Waals surface area contributed by atoms with Gasteiger partial charge in [-0.05, 0) is 42.3 Å². The van der Waals surface area contributed by atoms with Crippen LogP contribution in [0.15, 0.2) is 40.6 Å². The maximum Gasteiger partial charge on any atom is 0.244 e. The quantitative estimate of drug-likeness (QED) is 0.424. The third kappa shape index (κ3) is 4.90. The number of nitrogens with zero attached hydrogens (tertiary/aromatic N) is 3. The summed E-state index contributed by atoms with van der Waals surface area (Å²) in [5, 5.41) is 3.38. The molecule has 0 unspecified atom stereocenters. The fourth-order valence-electron chi connectivity index (χ4n) is 3.47. The fraction of sp³-hybridized carbons (Fsp3) is 0.286. The Balaban J connectivity index is 1.43. The molecule has 0 aliphatic carbocycles. The first kappa shape index (κ1) is 23.7. The van der Waals surface area contributed by atoms with Crippen LogP contribution in [0.5, 0.6) is 0 Å². The summed E-state index contributed by atoms with van der Waals surface area (Å²) < 4.78 is 41.3. The van der Waals surface area contributed by atoms with Gasteiger partial charge in [0.25, 0.3) is 0 Å². The molecule has 1 aliphatic heterocycles. The average Bonchev–Trinajstić information content (AvgIpc) is 3.22. The zero-order valence-corrected chi connectivity index (χ0v) is 20.9. The van der Waals surface area contributed by atoms with Gasteiger partial charge in [-0.3, -0.25) is 0 Å². The van der Waals surface area contributed by atoms with Crippen molar-refractivity contribution in [3.63, 3.8) is 0 Å². The van der Waals surface area contributed by atoms with E-state index in [0.717, 1.165) is 16.4 Å². The van der Waals surface area contributed by atoms with Crippen molar-refractivity contribution in [3.8, 4) is 0 Å². The molecule has 2 aromatic carbocycles. The molecule has 32 heavy (non-hydrogen) atoms. The van der Waals surface area contributed by atoms with Crippen LogP contribution in [0.2, 0.25) is 15.1 Å². The van der Waals surface area contributed by atoms with Crippen LogP contribution in [0.25, 0.3) is 0 Å². The molecule has 0 radical (unpaired) electrons. The van der Waals surface area contributed by atoms with Gasteiger partial charge in [-0.15, -0.1) is 11.3 Å². The van der Waals surface area contributed by atoms with E-state index in [2.05, 4.69) is 9.88 Å². The molecule has 1 aromatic heterocycles. The molecular formula is C21H19Cl3FN3O2S2. The highest BCUT2D eigenvalue weighted by molar-refractivity contribution is 7.89. The van der Waals surface area contributed by atoms with Crippen LogP contribution in [-0.2, 0) is 16.4 Å². The summed E-state index contributed by atoms with van der Waals surface area (Å²) in [7, 11) is -3.73. The minimum Gasteiger partial charge on any atom is -0.345 e. The van der Waals surface area contributed by atoms with Gasteiger partial charge < -0.3 is 4.90 Å². The van der Waals surface area contributed by atoms with E-state index in [1.807, 2.05) is 5.38 Å². The number of anilines is 1. The van der Waals surface area contributed by atoms with Gasteiger partial charge in [-0.2, -0.15) is 4.31 Å². The molecule has 0 atom stereocenters. The van der Waals surface area contributed by atoms with E-state index in [4.69, 9.17) is 34.8 Å². The summed E-state index contributed by atoms with van der Waals surface area (Å²) in [5.74, 6) is -0.451. The topological polar surface area (TPSA) is 53.5 Å². The lowest BCUT2D eigenvalue weighted by atomic mass is 10.1. The number of hydrogen-bond donors (Lipinski definition) is 0. The van der Waals surface area contributed by atoms with Crippen LogP contribution in [-0.4, -0.2) is 43.9 Å².